The number of carboxylic acid groups (broad SMARTS) is 2. The third-order valence-corrected chi connectivity index (χ3v) is 19.7. The van der Waals surface area contributed by atoms with E-state index in [4.69, 9.17) is 47.4 Å². The van der Waals surface area contributed by atoms with Gasteiger partial charge in [-0.15, -0.1) is 0 Å². The van der Waals surface area contributed by atoms with Gasteiger partial charge in [0.25, 0.3) is 0 Å². The van der Waals surface area contributed by atoms with Gasteiger partial charge in [0, 0.05) is 29.6 Å². The standard InChI is InChI=1S/2C34H38INO9/c1-21(37)36-34-26(17-27(38)39)29(40)28(35)30(31(34)42-18-22-9-5-3-6-10-22)45-33(32(34)43-19-23-11-7-4-8-12-23)44-20-24-13-15-25(41-2)16-14-24;1-21(37)36-34-26(17-27(38)39)28(35)29(40)30(31(34)42-18-22-9-5-3-6-10-22)45-33(32(34)43-19-23-11-7-4-8-12-23)44-20-24-13-15-25(41-2)16-14-24/h2*3-16,26,28-33,40H,17-20H2,1-2H3,(H,36,37)(H,38,39)/t2*26-,28-,29-,30+,31+,32+,33-,34+/m00/s1. The summed E-state index contributed by atoms with van der Waals surface area (Å²) in [5, 5.41) is 49.6. The fraction of sp³-hybridized carbons (Fsp3) is 0.412. The molecule has 2 aliphatic heterocycles. The van der Waals surface area contributed by atoms with Gasteiger partial charge in [0.05, 0.1) is 82.8 Å². The third-order valence-electron chi connectivity index (χ3n) is 16.7. The van der Waals surface area contributed by atoms with Crippen LogP contribution in [0.2, 0.25) is 0 Å². The Hall–Kier alpha value is -6.14. The van der Waals surface area contributed by atoms with Crippen LogP contribution in [0, 0.1) is 11.8 Å². The number of hydrogen-bond acceptors (Lipinski definition) is 16. The van der Waals surface area contributed by atoms with E-state index in [2.05, 4.69) is 55.8 Å². The predicted octanol–water partition coefficient (Wildman–Crippen LogP) is 8.50. The Kier molecular flexibility index (Phi) is 24.2. The zero-order valence-electron chi connectivity index (χ0n) is 50.2. The topological polar surface area (TPSA) is 266 Å². The Morgan fingerprint density at radius 3 is 1.09 bits per heavy atom. The van der Waals surface area contributed by atoms with Crippen molar-refractivity contribution in [2.45, 2.75) is 147 Å². The van der Waals surface area contributed by atoms with Crippen molar-refractivity contribution in [3.63, 3.8) is 0 Å². The first-order valence-electron chi connectivity index (χ1n) is 29.5. The number of aliphatic hydroxyl groups is 2. The maximum absolute atomic E-state index is 13.1. The van der Waals surface area contributed by atoms with Crippen LogP contribution >= 0.6 is 45.2 Å². The van der Waals surface area contributed by atoms with Gasteiger partial charge in [0.2, 0.25) is 11.8 Å². The summed E-state index contributed by atoms with van der Waals surface area (Å²) in [7, 11) is 3.18. The highest BCUT2D eigenvalue weighted by Crippen LogP contribution is 2.53. The average Bonchev–Trinajstić information content (AvgIpc) is 0.714. The second kappa shape index (κ2) is 31.9. The number of ether oxygens (including phenoxy) is 10. The van der Waals surface area contributed by atoms with Crippen molar-refractivity contribution in [1.29, 1.82) is 0 Å². The van der Waals surface area contributed by atoms with Gasteiger partial charge < -0.3 is 78.4 Å². The van der Waals surface area contributed by atoms with Crippen molar-refractivity contribution < 1.29 is 87.0 Å². The monoisotopic (exact) mass is 1460 g/mol. The highest BCUT2D eigenvalue weighted by atomic mass is 127. The van der Waals surface area contributed by atoms with Gasteiger partial charge in [-0.2, -0.15) is 0 Å². The highest BCUT2D eigenvalue weighted by molar-refractivity contribution is 14.1. The Bertz CT molecular complexity index is 3040. The quantitative estimate of drug-likeness (QED) is 0.0219. The minimum atomic E-state index is -1.54. The largest absolute Gasteiger partial charge is 0.497 e. The molecule has 4 aliphatic rings. The van der Waals surface area contributed by atoms with Crippen molar-refractivity contribution in [3.05, 3.63) is 203 Å². The molecule has 16 atom stereocenters. The Morgan fingerprint density at radius 2 is 0.733 bits per heavy atom. The zero-order chi connectivity index (χ0) is 64.0. The maximum Gasteiger partial charge on any atom is 0.303 e. The third kappa shape index (κ3) is 16.2. The lowest BCUT2D eigenvalue weighted by atomic mass is 9.62. The van der Waals surface area contributed by atoms with Gasteiger partial charge in [-0.3, -0.25) is 19.2 Å². The van der Waals surface area contributed by atoms with Gasteiger partial charge >= 0.3 is 11.9 Å². The van der Waals surface area contributed by atoms with E-state index < -0.39 is 122 Å². The number of fused-ring (bicyclic) bond motifs is 4. The number of aliphatic carboxylic acids is 2. The second-order valence-electron chi connectivity index (χ2n) is 22.6. The molecule has 2 aliphatic carbocycles. The summed E-state index contributed by atoms with van der Waals surface area (Å²) in [5.74, 6) is -3.46. The molecule has 0 unspecified atom stereocenters. The molecule has 0 spiro atoms. The van der Waals surface area contributed by atoms with Crippen molar-refractivity contribution >= 4 is 68.9 Å². The molecule has 2 heterocycles. The molecule has 90 heavy (non-hydrogen) atoms. The molecule has 10 rings (SSSR count). The number of benzene rings is 6. The normalized spacial score (nSPS) is 29.1. The maximum atomic E-state index is 13.1. The lowest BCUT2D eigenvalue weighted by molar-refractivity contribution is -0.348. The van der Waals surface area contributed by atoms with Crippen molar-refractivity contribution in [2.24, 2.45) is 11.8 Å². The first-order chi connectivity index (χ1) is 43.4. The van der Waals surface area contributed by atoms with Crippen molar-refractivity contribution in [3.8, 4) is 11.5 Å². The minimum Gasteiger partial charge on any atom is -0.497 e. The fourth-order valence-electron chi connectivity index (χ4n) is 12.7. The van der Waals surface area contributed by atoms with Crippen LogP contribution in [-0.2, 0) is 96.7 Å². The summed E-state index contributed by atoms with van der Waals surface area (Å²) >= 11 is 4.14. The summed E-state index contributed by atoms with van der Waals surface area (Å²) < 4.78 is 61.6. The molecule has 20 nitrogen and oxygen atoms in total. The van der Waals surface area contributed by atoms with Crippen LogP contribution < -0.4 is 20.1 Å². The number of carbonyl (C=O) groups is 4. The Balaban J connectivity index is 0.000000213. The average molecular weight is 1460 g/mol. The van der Waals surface area contributed by atoms with Gasteiger partial charge in [0.15, 0.2) is 12.6 Å². The molecule has 4 fully saturated rings. The molecule has 0 aromatic heterocycles. The molecule has 6 N–H and O–H groups in total. The number of rotatable bonds is 26. The van der Waals surface area contributed by atoms with E-state index in [9.17, 15) is 39.6 Å². The number of methoxy groups -OCH3 is 2. The molecule has 2 saturated heterocycles. The highest BCUT2D eigenvalue weighted by Gasteiger charge is 2.71. The van der Waals surface area contributed by atoms with Gasteiger partial charge in [-0.05, 0) is 57.6 Å². The molecule has 2 amide bonds. The zero-order valence-corrected chi connectivity index (χ0v) is 54.5. The van der Waals surface area contributed by atoms with Gasteiger partial charge in [-0.1, -0.05) is 191 Å². The van der Waals surface area contributed by atoms with Crippen LogP contribution in [0.1, 0.15) is 60.1 Å². The molecule has 6 aromatic carbocycles. The molecule has 480 valence electrons. The van der Waals surface area contributed by atoms with E-state index in [1.807, 2.05) is 170 Å². The van der Waals surface area contributed by atoms with E-state index in [1.165, 1.54) is 13.8 Å². The summed E-state index contributed by atoms with van der Waals surface area (Å²) in [6, 6.07) is 52.7. The van der Waals surface area contributed by atoms with Crippen LogP contribution in [-0.4, -0.2) is 139 Å². The molecular formula is C68H76I2N2O18. The summed E-state index contributed by atoms with van der Waals surface area (Å²) in [5.41, 5.74) is 2.15. The molecule has 22 heteroatoms. The number of amides is 2. The number of aliphatic hydroxyl groups excluding tert-OH is 2. The first kappa shape index (κ1) is 68.2. The SMILES string of the molecule is COc1ccc(CO[C@H]2O[C@@H]3[C@@H](I)[C@@H](O)[C@H](CC(=O)O)[C@](NC(C)=O)([C@@H]2OCc2ccccc2)[C@@H]3OCc2ccccc2)cc1.COc1ccc(CO[C@H]2O[C@@H]3[C@@H](O)[C@@H](I)[C@H](CC(=O)O)[C@](NC(C)=O)([C@@H]2OCc2ccccc2)[C@@H]3OCc2ccccc2)cc1. The van der Waals surface area contributed by atoms with Crippen molar-refractivity contribution in [2.75, 3.05) is 14.2 Å². The molecule has 6 aromatic rings. The van der Waals surface area contributed by atoms with E-state index in [-0.39, 0.29) is 46.1 Å². The van der Waals surface area contributed by atoms with Crippen LogP contribution in [0.4, 0.5) is 0 Å². The molecule has 2 saturated carbocycles. The van der Waals surface area contributed by atoms with Crippen LogP contribution in [0.15, 0.2) is 170 Å². The van der Waals surface area contributed by atoms with E-state index in [1.54, 1.807) is 14.2 Å². The van der Waals surface area contributed by atoms with Gasteiger partial charge in [-0.25, -0.2) is 0 Å². The Morgan fingerprint density at radius 1 is 0.422 bits per heavy atom. The van der Waals surface area contributed by atoms with Crippen LogP contribution in [0.3, 0.4) is 0 Å². The predicted molar refractivity (Wildman–Crippen MR) is 345 cm³/mol. The Labute approximate surface area is 550 Å². The van der Waals surface area contributed by atoms with Crippen LogP contribution in [0.5, 0.6) is 11.5 Å². The first-order valence-corrected chi connectivity index (χ1v) is 32.0. The minimum absolute atomic E-state index is 0.109. The van der Waals surface area contributed by atoms with Crippen LogP contribution in [0.25, 0.3) is 0 Å². The smallest absolute Gasteiger partial charge is 0.303 e. The lowest BCUT2D eigenvalue weighted by Crippen LogP contribution is -2.83. The van der Waals surface area contributed by atoms with E-state index in [0.29, 0.717) is 11.5 Å². The fourth-order valence-corrected chi connectivity index (χ4v) is 15.0. The number of nitrogens with one attached hydrogen (secondary N) is 2. The van der Waals surface area contributed by atoms with E-state index in [0.717, 1.165) is 33.4 Å². The molecule has 0 radical (unpaired) electrons. The summed E-state index contributed by atoms with van der Waals surface area (Å²) in [6.45, 7) is 3.51. The van der Waals surface area contributed by atoms with Gasteiger partial charge in [0.1, 0.15) is 59.2 Å². The lowest BCUT2D eigenvalue weighted by Gasteiger charge is -2.62. The molecule has 4 bridgehead atoms. The van der Waals surface area contributed by atoms with E-state index >= 15 is 0 Å². The number of alkyl halides is 2. The summed E-state index contributed by atoms with van der Waals surface area (Å²) in [4.78, 5) is 50.9. The molecular weight excluding hydrogens is 1390 g/mol. The second-order valence-corrected chi connectivity index (χ2v) is 25.5. The number of carbonyl (C=O) groups excluding carboxylic acids is 2. The number of halogens is 2. The summed E-state index contributed by atoms with van der Waals surface area (Å²) in [6.07, 6.45) is -11.0. The van der Waals surface area contributed by atoms with Crippen molar-refractivity contribution in [1.82, 2.24) is 10.6 Å². The number of hydrogen-bond donors (Lipinski definition) is 6. The number of carboxylic acids is 2.